The van der Waals surface area contributed by atoms with Gasteiger partial charge in [-0.15, -0.1) is 0 Å². The van der Waals surface area contributed by atoms with Gasteiger partial charge in [0.05, 0.1) is 69.1 Å². The molecule has 0 bridgehead atoms. The number of hydrogen-bond acceptors (Lipinski definition) is 9. The number of hydrogen-bond donors (Lipinski definition) is 3. The normalized spacial score (nSPS) is 11.2. The fourth-order valence-corrected chi connectivity index (χ4v) is 9.37. The van der Waals surface area contributed by atoms with Crippen LogP contribution in [0.5, 0.6) is 34.5 Å². The van der Waals surface area contributed by atoms with Crippen molar-refractivity contribution < 1.29 is 43.7 Å². The van der Waals surface area contributed by atoms with Gasteiger partial charge in [-0.25, -0.2) is 0 Å². The second-order valence-corrected chi connectivity index (χ2v) is 11.9. The molecular weight excluding hydrogens is 511 g/mol. The molecule has 3 N–H and O–H groups in total. The monoisotopic (exact) mass is 547 g/mol. The summed E-state index contributed by atoms with van der Waals surface area (Å²) in [7, 11) is 6.31. The second-order valence-electron chi connectivity index (χ2n) is 8.50. The molecule has 9 nitrogen and oxygen atoms in total. The van der Waals surface area contributed by atoms with Crippen LogP contribution in [0.4, 0.5) is 0 Å². The molecule has 0 saturated carbocycles. The molecule has 38 heavy (non-hydrogen) atoms. The molecule has 0 unspecified atom stereocenters. The van der Waals surface area contributed by atoms with Crippen molar-refractivity contribution in [3.8, 4) is 34.5 Å². The zero-order valence-corrected chi connectivity index (χ0v) is 23.7. The number of aliphatic hydroxyl groups is 3. The van der Waals surface area contributed by atoms with Gasteiger partial charge in [-0.3, -0.25) is 0 Å². The minimum Gasteiger partial charge on any atom is -0.497 e. The van der Waals surface area contributed by atoms with Crippen LogP contribution >= 0.6 is 7.26 Å². The maximum absolute atomic E-state index is 10.6. The van der Waals surface area contributed by atoms with Gasteiger partial charge in [-0.1, -0.05) is 0 Å². The molecule has 3 aromatic carbocycles. The minimum absolute atomic E-state index is 0.219. The molecule has 206 valence electrons. The smallest absolute Gasteiger partial charge is 0.187 e. The topological polar surface area (TPSA) is 116 Å². The van der Waals surface area contributed by atoms with Gasteiger partial charge in [0.15, 0.2) is 38.9 Å². The van der Waals surface area contributed by atoms with Gasteiger partial charge in [0.25, 0.3) is 0 Å². The van der Waals surface area contributed by atoms with E-state index in [-0.39, 0.29) is 19.8 Å². The first-order chi connectivity index (χ1) is 18.3. The Hall–Kier alpha value is -3.23. The average Bonchev–Trinajstić information content (AvgIpc) is 2.97. The molecular formula is C28H36O9P+. The number of aliphatic hydroxyl groups excluding tert-OH is 3. The standard InChI is InChI=1S/C28H36O9P/c1-32-20-10-18(15-30)26(24(12-20)36-5)38(7,27-19(16-31)11-21(33-2)13-25(27)37-6)28-22(34-3)8-17(14-29)9-23(28)35-4/h8-13,29-31H,14-16H2,1-7H3/q+1. The first-order valence-corrected chi connectivity index (χ1v) is 14.0. The van der Waals surface area contributed by atoms with Gasteiger partial charge in [-0.2, -0.15) is 0 Å². The predicted octanol–water partition coefficient (Wildman–Crippen LogP) is 2.14. The van der Waals surface area contributed by atoms with Crippen LogP contribution < -0.4 is 44.3 Å². The van der Waals surface area contributed by atoms with E-state index in [1.165, 1.54) is 0 Å². The van der Waals surface area contributed by atoms with Crippen molar-refractivity contribution in [1.82, 2.24) is 0 Å². The largest absolute Gasteiger partial charge is 0.497 e. The third-order valence-corrected chi connectivity index (χ3v) is 10.7. The molecule has 0 atom stereocenters. The van der Waals surface area contributed by atoms with Crippen molar-refractivity contribution in [2.75, 3.05) is 49.3 Å². The third kappa shape index (κ3) is 5.07. The molecule has 0 amide bonds. The van der Waals surface area contributed by atoms with E-state index in [9.17, 15) is 15.3 Å². The highest BCUT2D eigenvalue weighted by Gasteiger charge is 2.53. The van der Waals surface area contributed by atoms with E-state index in [1.54, 1.807) is 79.1 Å². The summed E-state index contributed by atoms with van der Waals surface area (Å²) < 4.78 is 34.5. The fourth-order valence-electron chi connectivity index (χ4n) is 4.89. The zero-order chi connectivity index (χ0) is 28.0. The molecule has 0 aliphatic heterocycles. The molecule has 0 saturated heterocycles. The van der Waals surface area contributed by atoms with Gasteiger partial charge in [0.2, 0.25) is 0 Å². The molecule has 0 spiro atoms. The van der Waals surface area contributed by atoms with Crippen molar-refractivity contribution >= 4 is 23.2 Å². The van der Waals surface area contributed by atoms with E-state index >= 15 is 0 Å². The average molecular weight is 548 g/mol. The van der Waals surface area contributed by atoms with Crippen LogP contribution in [0.1, 0.15) is 16.7 Å². The molecule has 0 aromatic heterocycles. The number of benzene rings is 3. The molecule has 3 rings (SSSR count). The third-order valence-electron chi connectivity index (χ3n) is 6.57. The van der Waals surface area contributed by atoms with Crippen LogP contribution in [0, 0.1) is 0 Å². The Morgan fingerprint density at radius 1 is 0.500 bits per heavy atom. The van der Waals surface area contributed by atoms with Gasteiger partial charge in [0.1, 0.15) is 18.8 Å². The Bertz CT molecular complexity index is 1050. The Labute approximate surface area is 223 Å². The molecule has 0 aliphatic rings. The van der Waals surface area contributed by atoms with Crippen LogP contribution in [0.15, 0.2) is 36.4 Å². The summed E-state index contributed by atoms with van der Waals surface area (Å²) in [6, 6.07) is 10.5. The molecule has 3 aromatic rings. The Balaban J connectivity index is 2.68. The van der Waals surface area contributed by atoms with E-state index in [2.05, 4.69) is 0 Å². The molecule has 0 heterocycles. The molecule has 0 fully saturated rings. The summed E-state index contributed by atoms with van der Waals surface area (Å²) in [6.45, 7) is 1.18. The van der Waals surface area contributed by atoms with E-state index in [4.69, 9.17) is 28.4 Å². The van der Waals surface area contributed by atoms with Crippen LogP contribution in [0.3, 0.4) is 0 Å². The highest BCUT2D eigenvalue weighted by atomic mass is 31.2. The first kappa shape index (κ1) is 29.3. The zero-order valence-electron chi connectivity index (χ0n) is 22.8. The van der Waals surface area contributed by atoms with Gasteiger partial charge in [-0.05, 0) is 29.8 Å². The number of ether oxygens (including phenoxy) is 6. The van der Waals surface area contributed by atoms with E-state index in [1.807, 2.05) is 6.66 Å². The van der Waals surface area contributed by atoms with Crippen LogP contribution in [-0.4, -0.2) is 64.6 Å². The van der Waals surface area contributed by atoms with Crippen molar-refractivity contribution in [2.24, 2.45) is 0 Å². The lowest BCUT2D eigenvalue weighted by Crippen LogP contribution is -2.37. The number of rotatable bonds is 12. The van der Waals surface area contributed by atoms with Crippen molar-refractivity contribution in [2.45, 2.75) is 19.8 Å². The number of methoxy groups -OCH3 is 6. The minimum atomic E-state index is -2.96. The summed E-state index contributed by atoms with van der Waals surface area (Å²) in [6.07, 6.45) is 0. The summed E-state index contributed by atoms with van der Waals surface area (Å²) in [5.74, 6) is 2.91. The first-order valence-electron chi connectivity index (χ1n) is 11.8. The van der Waals surface area contributed by atoms with Crippen molar-refractivity contribution in [1.29, 1.82) is 0 Å². The Kier molecular flexibility index (Phi) is 9.68. The highest BCUT2D eigenvalue weighted by Crippen LogP contribution is 2.61. The van der Waals surface area contributed by atoms with Crippen LogP contribution in [0.2, 0.25) is 0 Å². The summed E-state index contributed by atoms with van der Waals surface area (Å²) >= 11 is 0. The van der Waals surface area contributed by atoms with Gasteiger partial charge >= 0.3 is 0 Å². The summed E-state index contributed by atoms with van der Waals surface area (Å²) in [5, 5.41) is 33.2. The maximum Gasteiger partial charge on any atom is 0.187 e. The Morgan fingerprint density at radius 2 is 0.868 bits per heavy atom. The summed E-state index contributed by atoms with van der Waals surface area (Å²) in [4.78, 5) is 0. The van der Waals surface area contributed by atoms with E-state index in [0.717, 1.165) is 0 Å². The SMILES string of the molecule is COc1cc(CO)c([P+](C)(c2c(CO)cc(OC)cc2OC)c2c(OC)cc(CO)cc2OC)c(OC)c1. The quantitative estimate of drug-likeness (QED) is 0.293. The van der Waals surface area contributed by atoms with E-state index in [0.29, 0.717) is 67.1 Å². The Morgan fingerprint density at radius 3 is 1.16 bits per heavy atom. The second kappa shape index (κ2) is 12.5. The van der Waals surface area contributed by atoms with E-state index < -0.39 is 7.26 Å². The van der Waals surface area contributed by atoms with Crippen molar-refractivity contribution in [3.05, 3.63) is 53.1 Å². The van der Waals surface area contributed by atoms with Crippen LogP contribution in [0.25, 0.3) is 0 Å². The van der Waals surface area contributed by atoms with Crippen LogP contribution in [-0.2, 0) is 19.8 Å². The van der Waals surface area contributed by atoms with Gasteiger partial charge < -0.3 is 43.7 Å². The molecule has 0 radical (unpaired) electrons. The summed E-state index contributed by atoms with van der Waals surface area (Å²) in [5.41, 5.74) is 1.73. The lowest BCUT2D eigenvalue weighted by molar-refractivity contribution is 0.280. The predicted molar refractivity (Wildman–Crippen MR) is 148 cm³/mol. The lowest BCUT2D eigenvalue weighted by atomic mass is 10.2. The molecule has 10 heteroatoms. The van der Waals surface area contributed by atoms with Crippen molar-refractivity contribution in [3.63, 3.8) is 0 Å². The fraction of sp³-hybridized carbons (Fsp3) is 0.357. The molecule has 0 aliphatic carbocycles. The highest BCUT2D eigenvalue weighted by molar-refractivity contribution is 7.96. The lowest BCUT2D eigenvalue weighted by Gasteiger charge is -2.31. The maximum atomic E-state index is 10.6. The van der Waals surface area contributed by atoms with Gasteiger partial charge in [0, 0.05) is 23.3 Å².